The van der Waals surface area contributed by atoms with Crippen molar-refractivity contribution < 1.29 is 17.9 Å². The number of anilines is 2. The molecule has 0 aromatic carbocycles. The van der Waals surface area contributed by atoms with Gasteiger partial charge in [-0.2, -0.15) is 13.2 Å². The van der Waals surface area contributed by atoms with Gasteiger partial charge in [0.15, 0.2) is 0 Å². The van der Waals surface area contributed by atoms with Crippen LogP contribution in [0.25, 0.3) is 0 Å². The van der Waals surface area contributed by atoms with E-state index >= 15 is 0 Å². The summed E-state index contributed by atoms with van der Waals surface area (Å²) in [4.78, 5) is 9.82. The number of nitrogens with zero attached hydrogens (tertiary/aromatic N) is 3. The SMILES string of the molecule is FC(F)(F)c1cc(NCc2ccnc(N3CCOCC3)c2)ccn1. The van der Waals surface area contributed by atoms with Crippen molar-refractivity contribution in [3.63, 3.8) is 0 Å². The minimum atomic E-state index is -4.45. The first-order valence-electron chi connectivity index (χ1n) is 7.57. The maximum atomic E-state index is 12.7. The molecule has 0 amide bonds. The van der Waals surface area contributed by atoms with Crippen LogP contribution in [0.1, 0.15) is 11.3 Å². The van der Waals surface area contributed by atoms with E-state index in [1.54, 1.807) is 6.20 Å². The molecule has 3 heterocycles. The van der Waals surface area contributed by atoms with Crippen molar-refractivity contribution in [2.45, 2.75) is 12.7 Å². The third-order valence-electron chi connectivity index (χ3n) is 3.69. The first kappa shape index (κ1) is 16.5. The lowest BCUT2D eigenvalue weighted by atomic mass is 10.2. The molecular weight excluding hydrogens is 321 g/mol. The summed E-state index contributed by atoms with van der Waals surface area (Å²) in [5.41, 5.74) is 0.412. The number of alkyl halides is 3. The number of hydrogen-bond donors (Lipinski definition) is 1. The third kappa shape index (κ3) is 4.14. The minimum Gasteiger partial charge on any atom is -0.381 e. The number of rotatable bonds is 4. The molecule has 24 heavy (non-hydrogen) atoms. The van der Waals surface area contributed by atoms with Crippen molar-refractivity contribution in [2.24, 2.45) is 0 Å². The van der Waals surface area contributed by atoms with Crippen LogP contribution in [0.15, 0.2) is 36.7 Å². The zero-order valence-electron chi connectivity index (χ0n) is 12.9. The zero-order chi connectivity index (χ0) is 17.0. The van der Waals surface area contributed by atoms with Crippen LogP contribution in [0.5, 0.6) is 0 Å². The monoisotopic (exact) mass is 338 g/mol. The van der Waals surface area contributed by atoms with Crippen molar-refractivity contribution in [3.05, 3.63) is 47.9 Å². The van der Waals surface area contributed by atoms with Gasteiger partial charge in [-0.25, -0.2) is 4.98 Å². The van der Waals surface area contributed by atoms with Crippen LogP contribution in [0, 0.1) is 0 Å². The molecule has 0 spiro atoms. The maximum absolute atomic E-state index is 12.7. The predicted molar refractivity (Wildman–Crippen MR) is 83.8 cm³/mol. The topological polar surface area (TPSA) is 50.3 Å². The van der Waals surface area contributed by atoms with Crippen LogP contribution >= 0.6 is 0 Å². The second kappa shape index (κ2) is 7.04. The summed E-state index contributed by atoms with van der Waals surface area (Å²) in [5.74, 6) is 0.850. The predicted octanol–water partition coefficient (Wildman–Crippen LogP) is 2.94. The highest BCUT2D eigenvalue weighted by Gasteiger charge is 2.32. The fourth-order valence-electron chi connectivity index (χ4n) is 2.44. The Labute approximate surface area is 137 Å². The van der Waals surface area contributed by atoms with Gasteiger partial charge in [-0.3, -0.25) is 4.98 Å². The molecule has 0 bridgehead atoms. The van der Waals surface area contributed by atoms with Gasteiger partial charge in [0.25, 0.3) is 0 Å². The van der Waals surface area contributed by atoms with Crippen molar-refractivity contribution in [1.29, 1.82) is 0 Å². The number of pyridine rings is 2. The molecular formula is C16H17F3N4O. The Bertz CT molecular complexity index is 687. The minimum absolute atomic E-state index is 0.377. The van der Waals surface area contributed by atoms with E-state index in [1.165, 1.54) is 6.07 Å². The summed E-state index contributed by atoms with van der Waals surface area (Å²) in [5, 5.41) is 2.99. The van der Waals surface area contributed by atoms with Gasteiger partial charge in [0.2, 0.25) is 0 Å². The lowest BCUT2D eigenvalue weighted by Gasteiger charge is -2.28. The second-order valence-corrected chi connectivity index (χ2v) is 5.40. The molecule has 128 valence electrons. The molecule has 1 N–H and O–H groups in total. The molecule has 0 saturated carbocycles. The quantitative estimate of drug-likeness (QED) is 0.929. The van der Waals surface area contributed by atoms with Crippen LogP contribution in [-0.2, 0) is 17.5 Å². The second-order valence-electron chi connectivity index (χ2n) is 5.40. The molecule has 8 heteroatoms. The van der Waals surface area contributed by atoms with Gasteiger partial charge in [0, 0.05) is 37.7 Å². The third-order valence-corrected chi connectivity index (χ3v) is 3.69. The molecule has 0 unspecified atom stereocenters. The summed E-state index contributed by atoms with van der Waals surface area (Å²) in [7, 11) is 0. The Morgan fingerprint density at radius 2 is 1.83 bits per heavy atom. The van der Waals surface area contributed by atoms with Crippen molar-refractivity contribution in [3.8, 4) is 0 Å². The fourth-order valence-corrected chi connectivity index (χ4v) is 2.44. The van der Waals surface area contributed by atoms with E-state index in [-0.39, 0.29) is 0 Å². The van der Waals surface area contributed by atoms with Crippen LogP contribution in [-0.4, -0.2) is 36.3 Å². The summed E-state index contributed by atoms with van der Waals surface area (Å²) in [6.45, 7) is 3.30. The van der Waals surface area contributed by atoms with Crippen LogP contribution < -0.4 is 10.2 Å². The van der Waals surface area contributed by atoms with E-state index in [4.69, 9.17) is 4.74 Å². The van der Waals surface area contributed by atoms with Gasteiger partial charge in [-0.05, 0) is 29.8 Å². The number of nitrogens with one attached hydrogen (secondary N) is 1. The summed E-state index contributed by atoms with van der Waals surface area (Å²) in [6, 6.07) is 6.29. The number of hydrogen-bond acceptors (Lipinski definition) is 5. The number of halogens is 3. The fraction of sp³-hybridized carbons (Fsp3) is 0.375. The molecule has 2 aromatic rings. The van der Waals surface area contributed by atoms with Crippen molar-refractivity contribution >= 4 is 11.5 Å². The van der Waals surface area contributed by atoms with E-state index in [9.17, 15) is 13.2 Å². The molecule has 0 radical (unpaired) electrons. The standard InChI is InChI=1S/C16H17F3N4O/c17-16(18,19)14-10-13(2-4-20-14)22-11-12-1-3-21-15(9-12)23-5-7-24-8-6-23/h1-4,9-10H,5-8,11H2,(H,20,22). The van der Waals surface area contributed by atoms with Crippen molar-refractivity contribution in [2.75, 3.05) is 36.5 Å². The molecule has 1 saturated heterocycles. The lowest BCUT2D eigenvalue weighted by Crippen LogP contribution is -2.36. The average molecular weight is 338 g/mol. The number of morpholine rings is 1. The van der Waals surface area contributed by atoms with Gasteiger partial charge < -0.3 is 15.0 Å². The van der Waals surface area contributed by atoms with E-state index in [2.05, 4.69) is 20.2 Å². The molecule has 0 atom stereocenters. The first-order valence-corrected chi connectivity index (χ1v) is 7.57. The molecule has 3 rings (SSSR count). The first-order chi connectivity index (χ1) is 11.5. The Kier molecular flexibility index (Phi) is 4.84. The number of aromatic nitrogens is 2. The normalized spacial score (nSPS) is 15.4. The largest absolute Gasteiger partial charge is 0.433 e. The van der Waals surface area contributed by atoms with Gasteiger partial charge in [0.05, 0.1) is 13.2 Å². The highest BCUT2D eigenvalue weighted by Crippen LogP contribution is 2.28. The van der Waals surface area contributed by atoms with Gasteiger partial charge in [0.1, 0.15) is 11.5 Å². The molecule has 1 aliphatic heterocycles. The zero-order valence-corrected chi connectivity index (χ0v) is 12.9. The Morgan fingerprint density at radius 1 is 1.08 bits per heavy atom. The Hall–Kier alpha value is -2.35. The van der Waals surface area contributed by atoms with E-state index in [0.29, 0.717) is 25.4 Å². The summed E-state index contributed by atoms with van der Waals surface area (Å²) in [6.07, 6.45) is -1.59. The molecule has 1 aliphatic rings. The summed E-state index contributed by atoms with van der Waals surface area (Å²) < 4.78 is 43.3. The van der Waals surface area contributed by atoms with Crippen LogP contribution in [0.4, 0.5) is 24.7 Å². The van der Waals surface area contributed by atoms with Gasteiger partial charge in [-0.1, -0.05) is 0 Å². The van der Waals surface area contributed by atoms with Gasteiger partial charge >= 0.3 is 6.18 Å². The Balaban J connectivity index is 1.66. The maximum Gasteiger partial charge on any atom is 0.433 e. The smallest absolute Gasteiger partial charge is 0.381 e. The summed E-state index contributed by atoms with van der Waals surface area (Å²) >= 11 is 0. The van der Waals surface area contributed by atoms with E-state index in [0.717, 1.165) is 36.7 Å². The molecule has 1 fully saturated rings. The van der Waals surface area contributed by atoms with Gasteiger partial charge in [-0.15, -0.1) is 0 Å². The molecule has 2 aromatic heterocycles. The number of ether oxygens (including phenoxy) is 1. The highest BCUT2D eigenvalue weighted by molar-refractivity contribution is 5.46. The van der Waals surface area contributed by atoms with Crippen LogP contribution in [0.2, 0.25) is 0 Å². The highest BCUT2D eigenvalue weighted by atomic mass is 19.4. The van der Waals surface area contributed by atoms with E-state index in [1.807, 2.05) is 12.1 Å². The average Bonchev–Trinajstić information content (AvgIpc) is 2.61. The lowest BCUT2D eigenvalue weighted by molar-refractivity contribution is -0.141. The Morgan fingerprint density at radius 3 is 2.58 bits per heavy atom. The van der Waals surface area contributed by atoms with E-state index < -0.39 is 11.9 Å². The van der Waals surface area contributed by atoms with Crippen molar-refractivity contribution in [1.82, 2.24) is 9.97 Å². The molecule has 5 nitrogen and oxygen atoms in total. The molecule has 0 aliphatic carbocycles. The van der Waals surface area contributed by atoms with Crippen LogP contribution in [0.3, 0.4) is 0 Å².